The molecule has 0 saturated heterocycles. The minimum absolute atomic E-state index is 0.0750. The summed E-state index contributed by atoms with van der Waals surface area (Å²) in [6.07, 6.45) is 1.43. The van der Waals surface area contributed by atoms with Crippen LogP contribution in [0.15, 0.2) is 65.2 Å². The number of methoxy groups -OCH3 is 1. The second-order valence-corrected chi connectivity index (χ2v) is 6.56. The molecule has 0 saturated carbocycles. The average Bonchev–Trinajstić information content (AvgIpc) is 2.54. The van der Waals surface area contributed by atoms with Crippen LogP contribution in [0.1, 0.15) is 11.1 Å². The summed E-state index contributed by atoms with van der Waals surface area (Å²) in [5.74, 6) is -0.760. The van der Waals surface area contributed by atoms with Gasteiger partial charge in [0.1, 0.15) is 5.70 Å². The van der Waals surface area contributed by atoms with Crippen molar-refractivity contribution in [3.05, 3.63) is 71.4 Å². The van der Waals surface area contributed by atoms with Gasteiger partial charge in [0.25, 0.3) is 10.0 Å². The van der Waals surface area contributed by atoms with E-state index >= 15 is 0 Å². The fraction of sp³-hybridized carbons (Fsp3) is 0.118. The standard InChI is InChI=1S/C17H17NO4S/c1-13-8-10-15(11-9-13)23(20,21)18-16(17(19)22-2)12-14-6-4-3-5-7-14/h3-12,18H,1-2H3/b16-12+. The summed E-state index contributed by atoms with van der Waals surface area (Å²) in [6, 6.07) is 15.2. The molecule has 0 unspecified atom stereocenters. The molecule has 5 nitrogen and oxygen atoms in total. The van der Waals surface area contributed by atoms with Crippen molar-refractivity contribution in [1.29, 1.82) is 0 Å². The van der Waals surface area contributed by atoms with E-state index in [9.17, 15) is 13.2 Å². The summed E-state index contributed by atoms with van der Waals surface area (Å²) in [5, 5.41) is 0. The Labute approximate surface area is 135 Å². The van der Waals surface area contributed by atoms with Crippen LogP contribution in [0.2, 0.25) is 0 Å². The highest BCUT2D eigenvalue weighted by molar-refractivity contribution is 7.89. The third-order valence-electron chi connectivity index (χ3n) is 3.09. The maximum atomic E-state index is 12.4. The average molecular weight is 331 g/mol. The number of hydrogen-bond donors (Lipinski definition) is 1. The number of carbonyl (C=O) groups is 1. The van der Waals surface area contributed by atoms with Crippen molar-refractivity contribution in [2.75, 3.05) is 7.11 Å². The van der Waals surface area contributed by atoms with Gasteiger partial charge in [-0.1, -0.05) is 48.0 Å². The summed E-state index contributed by atoms with van der Waals surface area (Å²) in [5.41, 5.74) is 1.47. The molecular weight excluding hydrogens is 314 g/mol. The summed E-state index contributed by atoms with van der Waals surface area (Å²) in [7, 11) is -2.67. The Balaban J connectivity index is 2.36. The molecule has 23 heavy (non-hydrogen) atoms. The van der Waals surface area contributed by atoms with Crippen LogP contribution in [0.25, 0.3) is 6.08 Å². The molecule has 0 aliphatic carbocycles. The first-order valence-electron chi connectivity index (χ1n) is 6.87. The van der Waals surface area contributed by atoms with Gasteiger partial charge in [0.2, 0.25) is 0 Å². The Kier molecular flexibility index (Phi) is 5.18. The van der Waals surface area contributed by atoms with Crippen LogP contribution >= 0.6 is 0 Å². The molecule has 2 rings (SSSR count). The molecule has 0 aliphatic rings. The summed E-state index contributed by atoms with van der Waals surface area (Å²) < 4.78 is 31.7. The lowest BCUT2D eigenvalue weighted by Crippen LogP contribution is -2.28. The first-order chi connectivity index (χ1) is 10.9. The van der Waals surface area contributed by atoms with Gasteiger partial charge in [0.05, 0.1) is 12.0 Å². The molecule has 6 heteroatoms. The van der Waals surface area contributed by atoms with Gasteiger partial charge < -0.3 is 4.74 Å². The van der Waals surface area contributed by atoms with Crippen LogP contribution in [0.4, 0.5) is 0 Å². The van der Waals surface area contributed by atoms with Crippen molar-refractivity contribution in [3.63, 3.8) is 0 Å². The summed E-state index contributed by atoms with van der Waals surface area (Å²) >= 11 is 0. The summed E-state index contributed by atoms with van der Waals surface area (Å²) in [4.78, 5) is 11.9. The molecule has 2 aromatic carbocycles. The molecule has 0 atom stereocenters. The van der Waals surface area contributed by atoms with Gasteiger partial charge in [-0.3, -0.25) is 4.72 Å². The number of sulfonamides is 1. The topological polar surface area (TPSA) is 72.5 Å². The molecule has 2 aromatic rings. The quantitative estimate of drug-likeness (QED) is 0.675. The lowest BCUT2D eigenvalue weighted by molar-refractivity contribution is -0.136. The van der Waals surface area contributed by atoms with Crippen molar-refractivity contribution >= 4 is 22.1 Å². The van der Waals surface area contributed by atoms with Crippen molar-refractivity contribution in [3.8, 4) is 0 Å². The lowest BCUT2D eigenvalue weighted by Gasteiger charge is -2.10. The number of nitrogens with one attached hydrogen (secondary N) is 1. The van der Waals surface area contributed by atoms with Gasteiger partial charge >= 0.3 is 5.97 Å². The van der Waals surface area contributed by atoms with Crippen LogP contribution in [-0.4, -0.2) is 21.5 Å². The molecule has 0 heterocycles. The van der Waals surface area contributed by atoms with Gasteiger partial charge in [0, 0.05) is 0 Å². The Morgan fingerprint density at radius 2 is 1.65 bits per heavy atom. The van der Waals surface area contributed by atoms with E-state index in [0.29, 0.717) is 5.56 Å². The Hall–Kier alpha value is -2.60. The molecule has 120 valence electrons. The van der Waals surface area contributed by atoms with E-state index in [0.717, 1.165) is 5.56 Å². The molecular formula is C17H17NO4S. The van der Waals surface area contributed by atoms with E-state index in [2.05, 4.69) is 9.46 Å². The zero-order valence-electron chi connectivity index (χ0n) is 12.8. The van der Waals surface area contributed by atoms with Crippen molar-refractivity contribution in [1.82, 2.24) is 4.72 Å². The SMILES string of the molecule is COC(=O)/C(=C\c1ccccc1)NS(=O)(=O)c1ccc(C)cc1. The summed E-state index contributed by atoms with van der Waals surface area (Å²) in [6.45, 7) is 1.86. The molecule has 0 bridgehead atoms. The predicted molar refractivity (Wildman–Crippen MR) is 87.9 cm³/mol. The highest BCUT2D eigenvalue weighted by atomic mass is 32.2. The number of ether oxygens (including phenoxy) is 1. The van der Waals surface area contributed by atoms with E-state index < -0.39 is 16.0 Å². The third-order valence-corrected chi connectivity index (χ3v) is 4.47. The van der Waals surface area contributed by atoms with E-state index in [1.54, 1.807) is 36.4 Å². The second-order valence-electron chi connectivity index (χ2n) is 4.88. The van der Waals surface area contributed by atoms with Crippen molar-refractivity contribution < 1.29 is 17.9 Å². The number of esters is 1. The number of rotatable bonds is 5. The van der Waals surface area contributed by atoms with Crippen LogP contribution in [-0.2, 0) is 19.6 Å². The zero-order valence-corrected chi connectivity index (χ0v) is 13.6. The molecule has 0 radical (unpaired) electrons. The van der Waals surface area contributed by atoms with Crippen molar-refractivity contribution in [2.24, 2.45) is 0 Å². The number of benzene rings is 2. The van der Waals surface area contributed by atoms with E-state index in [1.165, 1.54) is 25.3 Å². The predicted octanol–water partition coefficient (Wildman–Crippen LogP) is 2.49. The number of hydrogen-bond acceptors (Lipinski definition) is 4. The molecule has 0 spiro atoms. The number of carbonyl (C=O) groups excluding carboxylic acids is 1. The van der Waals surface area contributed by atoms with Gasteiger partial charge in [-0.05, 0) is 30.7 Å². The molecule has 1 N–H and O–H groups in total. The first kappa shape index (κ1) is 16.8. The lowest BCUT2D eigenvalue weighted by atomic mass is 10.2. The normalized spacial score (nSPS) is 11.8. The zero-order chi connectivity index (χ0) is 16.9. The Bertz CT molecular complexity index is 809. The van der Waals surface area contributed by atoms with E-state index in [4.69, 9.17) is 0 Å². The highest BCUT2D eigenvalue weighted by Gasteiger charge is 2.20. The van der Waals surface area contributed by atoms with Crippen LogP contribution < -0.4 is 4.72 Å². The van der Waals surface area contributed by atoms with Crippen LogP contribution in [0, 0.1) is 6.92 Å². The molecule has 0 fully saturated rings. The maximum absolute atomic E-state index is 12.4. The first-order valence-corrected chi connectivity index (χ1v) is 8.35. The van der Waals surface area contributed by atoms with E-state index in [-0.39, 0.29) is 10.6 Å². The fourth-order valence-electron chi connectivity index (χ4n) is 1.88. The minimum atomic E-state index is -3.87. The third kappa shape index (κ3) is 4.43. The van der Waals surface area contributed by atoms with Crippen LogP contribution in [0.3, 0.4) is 0 Å². The Morgan fingerprint density at radius 1 is 1.04 bits per heavy atom. The molecule has 0 aliphatic heterocycles. The van der Waals surface area contributed by atoms with E-state index in [1.807, 2.05) is 13.0 Å². The number of aryl methyl sites for hydroxylation is 1. The second kappa shape index (κ2) is 7.11. The molecule has 0 aromatic heterocycles. The van der Waals surface area contributed by atoms with Gasteiger partial charge in [-0.25, -0.2) is 13.2 Å². The largest absolute Gasteiger partial charge is 0.464 e. The van der Waals surface area contributed by atoms with Crippen molar-refractivity contribution in [2.45, 2.75) is 11.8 Å². The van der Waals surface area contributed by atoms with Gasteiger partial charge in [-0.15, -0.1) is 0 Å². The monoisotopic (exact) mass is 331 g/mol. The van der Waals surface area contributed by atoms with Gasteiger partial charge in [-0.2, -0.15) is 0 Å². The molecule has 0 amide bonds. The van der Waals surface area contributed by atoms with Gasteiger partial charge in [0.15, 0.2) is 0 Å². The highest BCUT2D eigenvalue weighted by Crippen LogP contribution is 2.13. The minimum Gasteiger partial charge on any atom is -0.464 e. The fourth-order valence-corrected chi connectivity index (χ4v) is 2.92. The maximum Gasteiger partial charge on any atom is 0.355 e. The Morgan fingerprint density at radius 3 is 2.22 bits per heavy atom. The smallest absolute Gasteiger partial charge is 0.355 e. The van der Waals surface area contributed by atoms with Crippen LogP contribution in [0.5, 0.6) is 0 Å².